The van der Waals surface area contributed by atoms with E-state index < -0.39 is 5.97 Å². The molecular weight excluding hydrogens is 272 g/mol. The third-order valence-electron chi connectivity index (χ3n) is 3.03. The van der Waals surface area contributed by atoms with Crippen LogP contribution in [0.5, 0.6) is 0 Å². The first-order valence-electron chi connectivity index (χ1n) is 7.70. The van der Waals surface area contributed by atoms with Crippen molar-refractivity contribution in [2.45, 2.75) is 46.0 Å². The molecule has 0 radical (unpaired) electrons. The molecule has 0 bridgehead atoms. The Labute approximate surface area is 127 Å². The molecule has 0 atom stereocenters. The summed E-state index contributed by atoms with van der Waals surface area (Å²) >= 11 is 0. The van der Waals surface area contributed by atoms with Crippen LogP contribution in [0.4, 0.5) is 4.79 Å². The molecule has 0 aliphatic heterocycles. The number of carbonyl (C=O) groups excluding carboxylic acids is 1. The van der Waals surface area contributed by atoms with E-state index in [-0.39, 0.29) is 12.5 Å². The van der Waals surface area contributed by atoms with Crippen molar-refractivity contribution in [2.24, 2.45) is 5.92 Å². The second-order valence-electron chi connectivity index (χ2n) is 5.62. The molecule has 21 heavy (non-hydrogen) atoms. The van der Waals surface area contributed by atoms with Crippen LogP contribution in [0.3, 0.4) is 0 Å². The minimum atomic E-state index is -0.745. The number of carboxylic acid groups (broad SMARTS) is 1. The van der Waals surface area contributed by atoms with E-state index in [1.165, 1.54) is 0 Å². The van der Waals surface area contributed by atoms with Gasteiger partial charge < -0.3 is 20.1 Å². The van der Waals surface area contributed by atoms with Gasteiger partial charge in [-0.2, -0.15) is 0 Å². The van der Waals surface area contributed by atoms with Gasteiger partial charge in [0.05, 0.1) is 6.61 Å². The van der Waals surface area contributed by atoms with E-state index in [1.54, 1.807) is 12.0 Å². The van der Waals surface area contributed by atoms with Crippen LogP contribution < -0.4 is 5.32 Å². The van der Waals surface area contributed by atoms with Crippen LogP contribution in [0.15, 0.2) is 0 Å². The lowest BCUT2D eigenvalue weighted by atomic mass is 10.1. The Kier molecular flexibility index (Phi) is 11.7. The molecule has 0 aromatic heterocycles. The summed E-state index contributed by atoms with van der Waals surface area (Å²) in [5, 5.41) is 11.4. The summed E-state index contributed by atoms with van der Waals surface area (Å²) < 4.78 is 5.02. The summed E-state index contributed by atoms with van der Waals surface area (Å²) in [5.74, 6) is -0.325. The van der Waals surface area contributed by atoms with Crippen molar-refractivity contribution in [1.82, 2.24) is 10.2 Å². The molecule has 0 spiro atoms. The van der Waals surface area contributed by atoms with Crippen molar-refractivity contribution in [3.05, 3.63) is 0 Å². The zero-order valence-corrected chi connectivity index (χ0v) is 13.6. The monoisotopic (exact) mass is 302 g/mol. The SMILES string of the molecule is COCCN(CC(C)C)C(=O)NCCCCCCC(=O)O. The lowest BCUT2D eigenvalue weighted by Gasteiger charge is -2.24. The highest BCUT2D eigenvalue weighted by Crippen LogP contribution is 2.03. The predicted molar refractivity (Wildman–Crippen MR) is 82.4 cm³/mol. The number of nitrogens with zero attached hydrogens (tertiary/aromatic N) is 1. The van der Waals surface area contributed by atoms with Gasteiger partial charge in [0.25, 0.3) is 0 Å². The highest BCUT2D eigenvalue weighted by molar-refractivity contribution is 5.74. The molecule has 0 aromatic carbocycles. The fourth-order valence-corrected chi connectivity index (χ4v) is 1.98. The Morgan fingerprint density at radius 3 is 2.43 bits per heavy atom. The first kappa shape index (κ1) is 19.7. The maximum absolute atomic E-state index is 12.0. The molecule has 0 saturated heterocycles. The molecule has 6 nitrogen and oxygen atoms in total. The lowest BCUT2D eigenvalue weighted by Crippen LogP contribution is -2.43. The number of carboxylic acids is 1. The average molecular weight is 302 g/mol. The van der Waals surface area contributed by atoms with Gasteiger partial charge in [-0.15, -0.1) is 0 Å². The first-order chi connectivity index (χ1) is 9.97. The number of urea groups is 1. The Bertz CT molecular complexity index is 295. The number of methoxy groups -OCH3 is 1. The van der Waals surface area contributed by atoms with E-state index in [9.17, 15) is 9.59 Å². The molecule has 0 heterocycles. The number of rotatable bonds is 12. The third-order valence-corrected chi connectivity index (χ3v) is 3.03. The van der Waals surface area contributed by atoms with Crippen molar-refractivity contribution >= 4 is 12.0 Å². The molecule has 0 aliphatic carbocycles. The van der Waals surface area contributed by atoms with Crippen molar-refractivity contribution < 1.29 is 19.4 Å². The average Bonchev–Trinajstić information content (AvgIpc) is 2.41. The zero-order valence-electron chi connectivity index (χ0n) is 13.6. The van der Waals surface area contributed by atoms with E-state index >= 15 is 0 Å². The number of amides is 2. The number of ether oxygens (including phenoxy) is 1. The minimum absolute atomic E-state index is 0.0497. The molecule has 0 aliphatic rings. The molecule has 0 saturated carbocycles. The van der Waals surface area contributed by atoms with E-state index in [0.29, 0.717) is 38.6 Å². The number of hydrogen-bond acceptors (Lipinski definition) is 3. The number of nitrogens with one attached hydrogen (secondary N) is 1. The van der Waals surface area contributed by atoms with Crippen LogP contribution in [0.2, 0.25) is 0 Å². The maximum Gasteiger partial charge on any atom is 0.317 e. The van der Waals surface area contributed by atoms with Crippen molar-refractivity contribution in [2.75, 3.05) is 33.4 Å². The van der Waals surface area contributed by atoms with Gasteiger partial charge in [0.2, 0.25) is 0 Å². The van der Waals surface area contributed by atoms with Gasteiger partial charge in [0.1, 0.15) is 0 Å². The van der Waals surface area contributed by atoms with Gasteiger partial charge in [-0.25, -0.2) is 4.79 Å². The molecule has 0 rings (SSSR count). The molecule has 124 valence electrons. The fraction of sp³-hybridized carbons (Fsp3) is 0.867. The molecule has 0 aromatic rings. The second kappa shape index (κ2) is 12.4. The molecular formula is C15H30N2O4. The Morgan fingerprint density at radius 2 is 1.86 bits per heavy atom. The summed E-state index contributed by atoms with van der Waals surface area (Å²) in [6.45, 7) is 6.64. The summed E-state index contributed by atoms with van der Waals surface area (Å²) in [7, 11) is 1.63. The highest BCUT2D eigenvalue weighted by Gasteiger charge is 2.13. The van der Waals surface area contributed by atoms with Crippen LogP contribution >= 0.6 is 0 Å². The molecule has 6 heteroatoms. The van der Waals surface area contributed by atoms with E-state index in [0.717, 1.165) is 19.3 Å². The second-order valence-corrected chi connectivity index (χ2v) is 5.62. The molecule has 0 unspecified atom stereocenters. The smallest absolute Gasteiger partial charge is 0.317 e. The molecule has 0 fully saturated rings. The fourth-order valence-electron chi connectivity index (χ4n) is 1.98. The summed E-state index contributed by atoms with van der Waals surface area (Å²) in [6, 6.07) is -0.0497. The van der Waals surface area contributed by atoms with E-state index in [2.05, 4.69) is 19.2 Å². The molecule has 2 N–H and O–H groups in total. The largest absolute Gasteiger partial charge is 0.481 e. The van der Waals surface area contributed by atoms with Crippen LogP contribution in [0.25, 0.3) is 0 Å². The Morgan fingerprint density at radius 1 is 1.19 bits per heavy atom. The van der Waals surface area contributed by atoms with Gasteiger partial charge in [0, 0.05) is 33.2 Å². The standard InChI is InChI=1S/C15H30N2O4/c1-13(2)12-17(10-11-21-3)15(20)16-9-7-5-4-6-8-14(18)19/h13H,4-12H2,1-3H3,(H,16,20)(H,18,19). The Hall–Kier alpha value is -1.30. The maximum atomic E-state index is 12.0. The topological polar surface area (TPSA) is 78.9 Å². The number of carbonyl (C=O) groups is 2. The molecule has 2 amide bonds. The van der Waals surface area contributed by atoms with Gasteiger partial charge in [-0.1, -0.05) is 26.7 Å². The Balaban J connectivity index is 3.78. The third kappa shape index (κ3) is 12.2. The van der Waals surface area contributed by atoms with Crippen LogP contribution in [-0.4, -0.2) is 55.4 Å². The highest BCUT2D eigenvalue weighted by atomic mass is 16.5. The van der Waals surface area contributed by atoms with Gasteiger partial charge in [0.15, 0.2) is 0 Å². The van der Waals surface area contributed by atoms with E-state index in [1.807, 2.05) is 0 Å². The zero-order chi connectivity index (χ0) is 16.1. The van der Waals surface area contributed by atoms with Crippen molar-refractivity contribution in [1.29, 1.82) is 0 Å². The van der Waals surface area contributed by atoms with Crippen molar-refractivity contribution in [3.8, 4) is 0 Å². The van der Waals surface area contributed by atoms with Crippen molar-refractivity contribution in [3.63, 3.8) is 0 Å². The van der Waals surface area contributed by atoms with Gasteiger partial charge in [-0.3, -0.25) is 4.79 Å². The number of aliphatic carboxylic acids is 1. The summed E-state index contributed by atoms with van der Waals surface area (Å²) in [6.07, 6.45) is 3.64. The summed E-state index contributed by atoms with van der Waals surface area (Å²) in [5.41, 5.74) is 0. The number of unbranched alkanes of at least 4 members (excludes halogenated alkanes) is 3. The van der Waals surface area contributed by atoms with Crippen LogP contribution in [0.1, 0.15) is 46.0 Å². The van der Waals surface area contributed by atoms with E-state index in [4.69, 9.17) is 9.84 Å². The number of hydrogen-bond donors (Lipinski definition) is 2. The van der Waals surface area contributed by atoms with Gasteiger partial charge in [-0.05, 0) is 18.8 Å². The first-order valence-corrected chi connectivity index (χ1v) is 7.70. The predicted octanol–water partition coefficient (Wildman–Crippen LogP) is 2.34. The van der Waals surface area contributed by atoms with Gasteiger partial charge >= 0.3 is 12.0 Å². The van der Waals surface area contributed by atoms with Crippen LogP contribution in [-0.2, 0) is 9.53 Å². The summed E-state index contributed by atoms with van der Waals surface area (Å²) in [4.78, 5) is 24.2. The lowest BCUT2D eigenvalue weighted by molar-refractivity contribution is -0.137. The van der Waals surface area contributed by atoms with Crippen LogP contribution in [0, 0.1) is 5.92 Å². The minimum Gasteiger partial charge on any atom is -0.481 e. The normalized spacial score (nSPS) is 10.7. The quantitative estimate of drug-likeness (QED) is 0.542.